The zero-order valence-electron chi connectivity index (χ0n) is 9.03. The Morgan fingerprint density at radius 1 is 1.40 bits per heavy atom. The van der Waals surface area contributed by atoms with E-state index in [0.29, 0.717) is 0 Å². The molecule has 1 rings (SSSR count). The molecule has 0 aliphatic heterocycles. The molecule has 2 nitrogen and oxygen atoms in total. The Morgan fingerprint density at radius 2 is 2.13 bits per heavy atom. The highest BCUT2D eigenvalue weighted by molar-refractivity contribution is 7.99. The molecule has 1 aromatic rings. The number of ether oxygens (including phenoxy) is 1. The van der Waals surface area contributed by atoms with E-state index in [2.05, 4.69) is 24.0 Å². The van der Waals surface area contributed by atoms with Crippen molar-refractivity contribution in [2.45, 2.75) is 4.90 Å². The van der Waals surface area contributed by atoms with E-state index in [0.717, 1.165) is 24.6 Å². The van der Waals surface area contributed by atoms with Gasteiger partial charge in [-0.05, 0) is 24.3 Å². The van der Waals surface area contributed by atoms with Gasteiger partial charge in [0.1, 0.15) is 5.75 Å². The summed E-state index contributed by atoms with van der Waals surface area (Å²) in [5.74, 6) is 1.98. The Balaban J connectivity index is 2.22. The number of benzene rings is 1. The van der Waals surface area contributed by atoms with Crippen molar-refractivity contribution in [2.75, 3.05) is 26.0 Å². The number of rotatable bonds is 7. The fourth-order valence-electron chi connectivity index (χ4n) is 1.12. The Kier molecular flexibility index (Phi) is 5.97. The van der Waals surface area contributed by atoms with Gasteiger partial charge in [0.15, 0.2) is 0 Å². The SMILES string of the molecule is C=CCNCCSc1ccc(OC)cc1. The smallest absolute Gasteiger partial charge is 0.118 e. The zero-order valence-corrected chi connectivity index (χ0v) is 9.85. The first kappa shape index (κ1) is 12.1. The van der Waals surface area contributed by atoms with Crippen LogP contribution in [-0.2, 0) is 0 Å². The van der Waals surface area contributed by atoms with Crippen LogP contribution in [0.2, 0.25) is 0 Å². The number of methoxy groups -OCH3 is 1. The van der Waals surface area contributed by atoms with Crippen molar-refractivity contribution in [1.82, 2.24) is 5.32 Å². The molecule has 0 atom stereocenters. The summed E-state index contributed by atoms with van der Waals surface area (Å²) < 4.78 is 5.09. The van der Waals surface area contributed by atoms with Crippen molar-refractivity contribution in [3.05, 3.63) is 36.9 Å². The predicted octanol–water partition coefficient (Wildman–Crippen LogP) is 2.56. The third kappa shape index (κ3) is 4.91. The van der Waals surface area contributed by atoms with Crippen LogP contribution in [0.4, 0.5) is 0 Å². The van der Waals surface area contributed by atoms with Gasteiger partial charge in [-0.15, -0.1) is 18.3 Å². The van der Waals surface area contributed by atoms with Gasteiger partial charge in [-0.2, -0.15) is 0 Å². The zero-order chi connectivity index (χ0) is 10.9. The molecule has 0 aromatic heterocycles. The van der Waals surface area contributed by atoms with Gasteiger partial charge in [-0.1, -0.05) is 6.08 Å². The van der Waals surface area contributed by atoms with Crippen LogP contribution in [0, 0.1) is 0 Å². The number of nitrogens with one attached hydrogen (secondary N) is 1. The molecule has 82 valence electrons. The average Bonchev–Trinajstić information content (AvgIpc) is 2.30. The Labute approximate surface area is 95.7 Å². The monoisotopic (exact) mass is 223 g/mol. The van der Waals surface area contributed by atoms with Gasteiger partial charge < -0.3 is 10.1 Å². The second kappa shape index (κ2) is 7.37. The summed E-state index contributed by atoms with van der Waals surface area (Å²) in [7, 11) is 1.68. The van der Waals surface area contributed by atoms with Gasteiger partial charge in [0.25, 0.3) is 0 Å². The molecule has 0 radical (unpaired) electrons. The van der Waals surface area contributed by atoms with E-state index < -0.39 is 0 Å². The maximum atomic E-state index is 5.09. The highest BCUT2D eigenvalue weighted by Gasteiger charge is 1.94. The van der Waals surface area contributed by atoms with Crippen LogP contribution in [0.5, 0.6) is 5.75 Å². The van der Waals surface area contributed by atoms with E-state index in [1.807, 2.05) is 30.0 Å². The van der Waals surface area contributed by atoms with E-state index in [9.17, 15) is 0 Å². The molecule has 1 N–H and O–H groups in total. The van der Waals surface area contributed by atoms with Crippen LogP contribution in [0.15, 0.2) is 41.8 Å². The molecular formula is C12H17NOS. The Hall–Kier alpha value is -0.930. The van der Waals surface area contributed by atoms with E-state index in [4.69, 9.17) is 4.74 Å². The number of hydrogen-bond acceptors (Lipinski definition) is 3. The van der Waals surface area contributed by atoms with Crippen LogP contribution in [0.25, 0.3) is 0 Å². The largest absolute Gasteiger partial charge is 0.497 e. The topological polar surface area (TPSA) is 21.3 Å². The van der Waals surface area contributed by atoms with Crippen LogP contribution >= 0.6 is 11.8 Å². The van der Waals surface area contributed by atoms with Crippen molar-refractivity contribution < 1.29 is 4.74 Å². The quantitative estimate of drug-likeness (QED) is 0.436. The number of hydrogen-bond donors (Lipinski definition) is 1. The minimum absolute atomic E-state index is 0.878. The number of thioether (sulfide) groups is 1. The summed E-state index contributed by atoms with van der Waals surface area (Å²) in [5, 5.41) is 3.26. The molecule has 15 heavy (non-hydrogen) atoms. The lowest BCUT2D eigenvalue weighted by Gasteiger charge is -2.03. The molecule has 0 saturated carbocycles. The molecule has 1 aromatic carbocycles. The highest BCUT2D eigenvalue weighted by Crippen LogP contribution is 2.20. The normalized spacial score (nSPS) is 9.93. The minimum atomic E-state index is 0.878. The van der Waals surface area contributed by atoms with Gasteiger partial charge in [-0.3, -0.25) is 0 Å². The van der Waals surface area contributed by atoms with Crippen molar-refractivity contribution >= 4 is 11.8 Å². The Bertz CT molecular complexity index is 284. The molecule has 0 spiro atoms. The summed E-state index contributed by atoms with van der Waals surface area (Å²) in [6.07, 6.45) is 1.87. The first-order valence-corrected chi connectivity index (χ1v) is 5.94. The molecule has 0 aliphatic carbocycles. The predicted molar refractivity (Wildman–Crippen MR) is 66.8 cm³/mol. The van der Waals surface area contributed by atoms with E-state index in [-0.39, 0.29) is 0 Å². The molecular weight excluding hydrogens is 206 g/mol. The van der Waals surface area contributed by atoms with Crippen molar-refractivity contribution in [3.63, 3.8) is 0 Å². The summed E-state index contributed by atoms with van der Waals surface area (Å²) >= 11 is 1.84. The molecule has 0 bridgehead atoms. The standard InChI is InChI=1S/C12H17NOS/c1-3-8-13-9-10-15-12-6-4-11(14-2)5-7-12/h3-7,13H,1,8-10H2,2H3. The summed E-state index contributed by atoms with van der Waals surface area (Å²) in [5.41, 5.74) is 0. The molecule has 0 saturated heterocycles. The first-order valence-electron chi connectivity index (χ1n) is 4.95. The summed E-state index contributed by atoms with van der Waals surface area (Å²) in [4.78, 5) is 1.27. The fraction of sp³-hybridized carbons (Fsp3) is 0.333. The highest BCUT2D eigenvalue weighted by atomic mass is 32.2. The van der Waals surface area contributed by atoms with Gasteiger partial charge >= 0.3 is 0 Å². The molecule has 0 heterocycles. The van der Waals surface area contributed by atoms with E-state index >= 15 is 0 Å². The lowest BCUT2D eigenvalue weighted by Crippen LogP contribution is -2.16. The molecule has 0 aliphatic rings. The van der Waals surface area contributed by atoms with Crippen molar-refractivity contribution in [3.8, 4) is 5.75 Å². The lowest BCUT2D eigenvalue weighted by atomic mass is 10.3. The Morgan fingerprint density at radius 3 is 2.73 bits per heavy atom. The van der Waals surface area contributed by atoms with Crippen LogP contribution in [0.1, 0.15) is 0 Å². The maximum Gasteiger partial charge on any atom is 0.118 e. The summed E-state index contributed by atoms with van der Waals surface area (Å²) in [6, 6.07) is 8.13. The third-order valence-corrected chi connectivity index (χ3v) is 2.91. The van der Waals surface area contributed by atoms with E-state index in [1.165, 1.54) is 4.90 Å². The third-order valence-electron chi connectivity index (χ3n) is 1.90. The molecule has 3 heteroatoms. The van der Waals surface area contributed by atoms with E-state index in [1.54, 1.807) is 7.11 Å². The van der Waals surface area contributed by atoms with Gasteiger partial charge in [-0.25, -0.2) is 0 Å². The first-order chi connectivity index (χ1) is 7.36. The van der Waals surface area contributed by atoms with Gasteiger partial charge in [0.2, 0.25) is 0 Å². The second-order valence-electron chi connectivity index (χ2n) is 3.02. The summed E-state index contributed by atoms with van der Waals surface area (Å²) in [6.45, 7) is 5.53. The van der Waals surface area contributed by atoms with Gasteiger partial charge in [0.05, 0.1) is 7.11 Å². The van der Waals surface area contributed by atoms with Crippen LogP contribution < -0.4 is 10.1 Å². The average molecular weight is 223 g/mol. The van der Waals surface area contributed by atoms with Gasteiger partial charge in [0, 0.05) is 23.7 Å². The van der Waals surface area contributed by atoms with Crippen LogP contribution in [0.3, 0.4) is 0 Å². The van der Waals surface area contributed by atoms with Crippen molar-refractivity contribution in [1.29, 1.82) is 0 Å². The second-order valence-corrected chi connectivity index (χ2v) is 4.19. The fourth-order valence-corrected chi connectivity index (χ4v) is 1.93. The van der Waals surface area contributed by atoms with Crippen molar-refractivity contribution in [2.24, 2.45) is 0 Å². The van der Waals surface area contributed by atoms with Crippen LogP contribution in [-0.4, -0.2) is 26.0 Å². The minimum Gasteiger partial charge on any atom is -0.497 e. The molecule has 0 fully saturated rings. The molecule has 0 amide bonds. The lowest BCUT2D eigenvalue weighted by molar-refractivity contribution is 0.414. The maximum absolute atomic E-state index is 5.09. The molecule has 0 unspecified atom stereocenters.